The van der Waals surface area contributed by atoms with E-state index in [1.807, 2.05) is 18.2 Å². The molecule has 1 N–H and O–H groups in total. The molecule has 0 saturated heterocycles. The van der Waals surface area contributed by atoms with Gasteiger partial charge in [0.25, 0.3) is 0 Å². The van der Waals surface area contributed by atoms with Crippen LogP contribution in [0.3, 0.4) is 0 Å². The molecule has 0 unspecified atom stereocenters. The van der Waals surface area contributed by atoms with Crippen molar-refractivity contribution in [2.24, 2.45) is 0 Å². The van der Waals surface area contributed by atoms with Crippen LogP contribution >= 0.6 is 0 Å². The fraction of sp³-hybridized carbons (Fsp3) is 0.368. The molecule has 0 atom stereocenters. The van der Waals surface area contributed by atoms with E-state index in [0.29, 0.717) is 18.1 Å². The van der Waals surface area contributed by atoms with E-state index in [0.717, 1.165) is 30.8 Å². The molecule has 5 heteroatoms. The van der Waals surface area contributed by atoms with Crippen molar-refractivity contribution in [1.29, 1.82) is 0 Å². The van der Waals surface area contributed by atoms with E-state index < -0.39 is 0 Å². The largest absolute Gasteiger partial charge is 0.493 e. The average Bonchev–Trinajstić information content (AvgIpc) is 2.58. The Kier molecular flexibility index (Phi) is 7.03. The van der Waals surface area contributed by atoms with Crippen molar-refractivity contribution in [3.05, 3.63) is 59.4 Å². The summed E-state index contributed by atoms with van der Waals surface area (Å²) in [5.41, 5.74) is 2.05. The summed E-state index contributed by atoms with van der Waals surface area (Å²) in [7, 11) is 5.74. The van der Waals surface area contributed by atoms with Crippen molar-refractivity contribution >= 4 is 0 Å². The van der Waals surface area contributed by atoms with Crippen molar-refractivity contribution in [2.45, 2.75) is 13.2 Å². The second-order valence-electron chi connectivity index (χ2n) is 5.88. The van der Waals surface area contributed by atoms with Crippen molar-refractivity contribution in [3.8, 4) is 11.5 Å². The van der Waals surface area contributed by atoms with Gasteiger partial charge in [-0.1, -0.05) is 18.2 Å². The van der Waals surface area contributed by atoms with E-state index in [-0.39, 0.29) is 5.82 Å². The summed E-state index contributed by atoms with van der Waals surface area (Å²) < 4.78 is 24.1. The predicted molar refractivity (Wildman–Crippen MR) is 94.0 cm³/mol. The highest BCUT2D eigenvalue weighted by Crippen LogP contribution is 2.28. The molecule has 0 radical (unpaired) electrons. The van der Waals surface area contributed by atoms with Gasteiger partial charge in [0.15, 0.2) is 11.5 Å². The van der Waals surface area contributed by atoms with Crippen LogP contribution in [0.2, 0.25) is 0 Å². The lowest BCUT2D eigenvalue weighted by molar-refractivity contribution is 0.284. The van der Waals surface area contributed by atoms with E-state index in [1.54, 1.807) is 19.2 Å². The summed E-state index contributed by atoms with van der Waals surface area (Å²) in [4.78, 5) is 2.14. The summed E-state index contributed by atoms with van der Waals surface area (Å²) in [6.45, 7) is 3.08. The summed E-state index contributed by atoms with van der Waals surface area (Å²) >= 11 is 0. The predicted octanol–water partition coefficient (Wildman–Crippen LogP) is 3.06. The van der Waals surface area contributed by atoms with E-state index in [1.165, 1.54) is 12.1 Å². The molecule has 4 nitrogen and oxygen atoms in total. The second kappa shape index (κ2) is 9.25. The van der Waals surface area contributed by atoms with Gasteiger partial charge in [0.2, 0.25) is 0 Å². The minimum atomic E-state index is -0.248. The Hall–Kier alpha value is -2.11. The molecule has 2 aromatic rings. The van der Waals surface area contributed by atoms with Crippen LogP contribution in [0.4, 0.5) is 4.39 Å². The highest BCUT2D eigenvalue weighted by atomic mass is 19.1. The maximum atomic E-state index is 12.9. The van der Waals surface area contributed by atoms with Crippen LogP contribution in [-0.2, 0) is 13.2 Å². The Morgan fingerprint density at radius 3 is 2.38 bits per heavy atom. The lowest BCUT2D eigenvalue weighted by Crippen LogP contribution is -2.26. The molecular formula is C19H25FN2O2. The minimum Gasteiger partial charge on any atom is -0.493 e. The Bertz CT molecular complexity index is 630. The van der Waals surface area contributed by atoms with Crippen LogP contribution in [0, 0.1) is 5.82 Å². The number of halogens is 1. The number of benzene rings is 2. The van der Waals surface area contributed by atoms with Gasteiger partial charge in [0.05, 0.1) is 7.11 Å². The minimum absolute atomic E-state index is 0.248. The molecule has 0 aromatic heterocycles. The SMILES string of the molecule is COc1cc(CNCCN(C)C)ccc1OCc1ccc(F)cc1. The first-order valence-electron chi connectivity index (χ1n) is 7.98. The van der Waals surface area contributed by atoms with Crippen LogP contribution in [0.5, 0.6) is 11.5 Å². The van der Waals surface area contributed by atoms with Gasteiger partial charge in [0, 0.05) is 19.6 Å². The summed E-state index contributed by atoms with van der Waals surface area (Å²) in [5, 5.41) is 3.39. The zero-order valence-electron chi connectivity index (χ0n) is 14.5. The van der Waals surface area contributed by atoms with Gasteiger partial charge in [-0.3, -0.25) is 0 Å². The number of rotatable bonds is 9. The molecule has 0 bridgehead atoms. The second-order valence-corrected chi connectivity index (χ2v) is 5.88. The summed E-state index contributed by atoms with van der Waals surface area (Å²) in [5.74, 6) is 1.13. The molecule has 0 saturated carbocycles. The van der Waals surface area contributed by atoms with Gasteiger partial charge in [-0.05, 0) is 49.5 Å². The number of nitrogens with one attached hydrogen (secondary N) is 1. The maximum Gasteiger partial charge on any atom is 0.161 e. The van der Waals surface area contributed by atoms with Crippen molar-refractivity contribution in [1.82, 2.24) is 10.2 Å². The highest BCUT2D eigenvalue weighted by Gasteiger charge is 2.06. The zero-order valence-corrected chi connectivity index (χ0v) is 14.5. The molecule has 130 valence electrons. The molecule has 0 aliphatic carbocycles. The van der Waals surface area contributed by atoms with Gasteiger partial charge >= 0.3 is 0 Å². The van der Waals surface area contributed by atoms with Gasteiger partial charge in [0.1, 0.15) is 12.4 Å². The zero-order chi connectivity index (χ0) is 17.4. The Labute approximate surface area is 143 Å². The molecule has 0 aliphatic heterocycles. The first kappa shape index (κ1) is 18.2. The third kappa shape index (κ3) is 5.83. The van der Waals surface area contributed by atoms with Crippen LogP contribution < -0.4 is 14.8 Å². The van der Waals surface area contributed by atoms with Crippen molar-refractivity contribution < 1.29 is 13.9 Å². The smallest absolute Gasteiger partial charge is 0.161 e. The standard InChI is InChI=1S/C19H25FN2O2/c1-22(2)11-10-21-13-16-6-9-18(19(12-16)23-3)24-14-15-4-7-17(20)8-5-15/h4-9,12,21H,10-11,13-14H2,1-3H3. The topological polar surface area (TPSA) is 33.7 Å². The molecule has 2 rings (SSSR count). The van der Waals surface area contributed by atoms with Crippen LogP contribution in [-0.4, -0.2) is 39.2 Å². The van der Waals surface area contributed by atoms with E-state index in [9.17, 15) is 4.39 Å². The van der Waals surface area contributed by atoms with Gasteiger partial charge in [-0.25, -0.2) is 4.39 Å². The third-order valence-electron chi connectivity index (χ3n) is 3.60. The number of methoxy groups -OCH3 is 1. The fourth-order valence-corrected chi connectivity index (χ4v) is 2.22. The van der Waals surface area contributed by atoms with Crippen LogP contribution in [0.1, 0.15) is 11.1 Å². The molecule has 0 fully saturated rings. The lowest BCUT2D eigenvalue weighted by atomic mass is 10.2. The van der Waals surface area contributed by atoms with Crippen molar-refractivity contribution in [3.63, 3.8) is 0 Å². The number of nitrogens with zero attached hydrogens (tertiary/aromatic N) is 1. The first-order valence-corrected chi connectivity index (χ1v) is 7.98. The van der Waals surface area contributed by atoms with Gasteiger partial charge < -0.3 is 19.7 Å². The van der Waals surface area contributed by atoms with Crippen molar-refractivity contribution in [2.75, 3.05) is 34.3 Å². The first-order chi connectivity index (χ1) is 11.6. The summed E-state index contributed by atoms with van der Waals surface area (Å²) in [6, 6.07) is 12.2. The lowest BCUT2D eigenvalue weighted by Gasteiger charge is -2.13. The van der Waals surface area contributed by atoms with Gasteiger partial charge in [-0.2, -0.15) is 0 Å². The quantitative estimate of drug-likeness (QED) is 0.716. The van der Waals surface area contributed by atoms with Crippen LogP contribution in [0.15, 0.2) is 42.5 Å². The molecule has 24 heavy (non-hydrogen) atoms. The number of hydrogen-bond acceptors (Lipinski definition) is 4. The number of likely N-dealkylation sites (N-methyl/N-ethyl adjacent to an activating group) is 1. The molecule has 2 aromatic carbocycles. The third-order valence-corrected chi connectivity index (χ3v) is 3.60. The molecule has 0 aliphatic rings. The summed E-state index contributed by atoms with van der Waals surface area (Å²) in [6.07, 6.45) is 0. The Morgan fingerprint density at radius 1 is 1.00 bits per heavy atom. The molecular weight excluding hydrogens is 307 g/mol. The Morgan fingerprint density at radius 2 is 1.71 bits per heavy atom. The van der Waals surface area contributed by atoms with E-state index in [4.69, 9.17) is 9.47 Å². The maximum absolute atomic E-state index is 12.9. The number of ether oxygens (including phenoxy) is 2. The monoisotopic (exact) mass is 332 g/mol. The highest BCUT2D eigenvalue weighted by molar-refractivity contribution is 5.43. The van der Waals surface area contributed by atoms with E-state index in [2.05, 4.69) is 24.3 Å². The van der Waals surface area contributed by atoms with Crippen LogP contribution in [0.25, 0.3) is 0 Å². The molecule has 0 heterocycles. The molecule has 0 amide bonds. The average molecular weight is 332 g/mol. The normalized spacial score (nSPS) is 10.9. The van der Waals surface area contributed by atoms with E-state index >= 15 is 0 Å². The Balaban J connectivity index is 1.91. The number of hydrogen-bond donors (Lipinski definition) is 1. The van der Waals surface area contributed by atoms with Gasteiger partial charge in [-0.15, -0.1) is 0 Å². The molecule has 0 spiro atoms. The fourth-order valence-electron chi connectivity index (χ4n) is 2.22.